The second-order valence-corrected chi connectivity index (χ2v) is 6.80. The standard InChI is InChI=1S/C18H31N3O/c1-4-9-16-20-17(12-18(21-16)22-13-14(2)3)19-15-10-7-5-6-8-11-15/h12,14-15H,4-11,13H2,1-3H3,(H,19,20,21). The number of anilines is 1. The fourth-order valence-corrected chi connectivity index (χ4v) is 2.84. The smallest absolute Gasteiger partial charge is 0.218 e. The van der Waals surface area contributed by atoms with Crippen LogP contribution in [0.1, 0.15) is 71.5 Å². The largest absolute Gasteiger partial charge is 0.477 e. The van der Waals surface area contributed by atoms with Gasteiger partial charge in [0, 0.05) is 18.5 Å². The third-order valence-corrected chi connectivity index (χ3v) is 3.99. The summed E-state index contributed by atoms with van der Waals surface area (Å²) in [5.41, 5.74) is 0. The maximum Gasteiger partial charge on any atom is 0.218 e. The first-order valence-corrected chi connectivity index (χ1v) is 8.94. The van der Waals surface area contributed by atoms with Crippen LogP contribution >= 0.6 is 0 Å². The zero-order chi connectivity index (χ0) is 15.8. The highest BCUT2D eigenvalue weighted by atomic mass is 16.5. The third kappa shape index (κ3) is 5.82. The molecular formula is C18H31N3O. The summed E-state index contributed by atoms with van der Waals surface area (Å²) >= 11 is 0. The quantitative estimate of drug-likeness (QED) is 0.748. The molecule has 1 aromatic heterocycles. The SMILES string of the molecule is CCCc1nc(NC2CCCCCC2)cc(OCC(C)C)n1. The highest BCUT2D eigenvalue weighted by molar-refractivity contribution is 5.39. The van der Waals surface area contributed by atoms with Gasteiger partial charge in [-0.05, 0) is 25.2 Å². The van der Waals surface area contributed by atoms with Crippen molar-refractivity contribution in [3.8, 4) is 5.88 Å². The molecule has 124 valence electrons. The minimum atomic E-state index is 0.503. The number of aromatic nitrogens is 2. The average molecular weight is 305 g/mol. The van der Waals surface area contributed by atoms with Crippen molar-refractivity contribution in [2.24, 2.45) is 5.92 Å². The van der Waals surface area contributed by atoms with Gasteiger partial charge in [-0.1, -0.05) is 46.5 Å². The Morgan fingerprint density at radius 3 is 2.55 bits per heavy atom. The van der Waals surface area contributed by atoms with E-state index in [-0.39, 0.29) is 0 Å². The molecule has 1 N–H and O–H groups in total. The van der Waals surface area contributed by atoms with Crippen molar-refractivity contribution in [3.05, 3.63) is 11.9 Å². The second-order valence-electron chi connectivity index (χ2n) is 6.80. The summed E-state index contributed by atoms with van der Waals surface area (Å²) in [7, 11) is 0. The molecular weight excluding hydrogens is 274 g/mol. The Morgan fingerprint density at radius 1 is 1.18 bits per heavy atom. The Balaban J connectivity index is 2.06. The van der Waals surface area contributed by atoms with E-state index in [2.05, 4.69) is 36.1 Å². The van der Waals surface area contributed by atoms with Gasteiger partial charge in [-0.2, -0.15) is 4.98 Å². The van der Waals surface area contributed by atoms with Gasteiger partial charge in [-0.25, -0.2) is 4.98 Å². The highest BCUT2D eigenvalue weighted by Gasteiger charge is 2.14. The lowest BCUT2D eigenvalue weighted by Gasteiger charge is -2.18. The van der Waals surface area contributed by atoms with Crippen LogP contribution in [0.3, 0.4) is 0 Å². The Kier molecular flexibility index (Phi) is 6.94. The molecule has 1 aromatic rings. The van der Waals surface area contributed by atoms with Gasteiger partial charge in [0.15, 0.2) is 0 Å². The first-order valence-electron chi connectivity index (χ1n) is 8.94. The molecule has 0 amide bonds. The zero-order valence-corrected chi connectivity index (χ0v) is 14.4. The van der Waals surface area contributed by atoms with Gasteiger partial charge >= 0.3 is 0 Å². The van der Waals surface area contributed by atoms with E-state index in [9.17, 15) is 0 Å². The van der Waals surface area contributed by atoms with Crippen molar-refractivity contribution in [1.29, 1.82) is 0 Å². The molecule has 0 aliphatic heterocycles. The number of rotatable bonds is 7. The van der Waals surface area contributed by atoms with Gasteiger partial charge in [0.05, 0.1) is 6.61 Å². The number of nitrogens with one attached hydrogen (secondary N) is 1. The van der Waals surface area contributed by atoms with Crippen LogP contribution in [0.25, 0.3) is 0 Å². The van der Waals surface area contributed by atoms with E-state index < -0.39 is 0 Å². The highest BCUT2D eigenvalue weighted by Crippen LogP contribution is 2.22. The Bertz CT molecular complexity index is 440. The topological polar surface area (TPSA) is 47.0 Å². The van der Waals surface area contributed by atoms with Crippen LogP contribution < -0.4 is 10.1 Å². The molecule has 1 aliphatic rings. The number of nitrogens with zero attached hydrogens (tertiary/aromatic N) is 2. The molecule has 4 nitrogen and oxygen atoms in total. The molecule has 0 atom stereocenters. The molecule has 0 unspecified atom stereocenters. The summed E-state index contributed by atoms with van der Waals surface area (Å²) in [6, 6.07) is 2.51. The second kappa shape index (κ2) is 8.96. The number of hydrogen-bond acceptors (Lipinski definition) is 4. The summed E-state index contributed by atoms with van der Waals surface area (Å²) in [5, 5.41) is 3.62. The van der Waals surface area contributed by atoms with Crippen molar-refractivity contribution in [3.63, 3.8) is 0 Å². The Morgan fingerprint density at radius 2 is 1.91 bits per heavy atom. The summed E-state index contributed by atoms with van der Waals surface area (Å²) in [5.74, 6) is 3.04. The van der Waals surface area contributed by atoms with Gasteiger partial charge < -0.3 is 10.1 Å². The number of ether oxygens (including phenoxy) is 1. The van der Waals surface area contributed by atoms with E-state index in [1.54, 1.807) is 0 Å². The van der Waals surface area contributed by atoms with E-state index in [1.165, 1.54) is 38.5 Å². The van der Waals surface area contributed by atoms with E-state index in [1.807, 2.05) is 6.07 Å². The lowest BCUT2D eigenvalue weighted by molar-refractivity contribution is 0.260. The average Bonchev–Trinajstić information content (AvgIpc) is 2.74. The number of aryl methyl sites for hydroxylation is 1. The van der Waals surface area contributed by atoms with E-state index in [4.69, 9.17) is 4.74 Å². The molecule has 1 heterocycles. The normalized spacial score (nSPS) is 16.5. The first kappa shape index (κ1) is 17.0. The van der Waals surface area contributed by atoms with Crippen molar-refractivity contribution >= 4 is 5.82 Å². The van der Waals surface area contributed by atoms with E-state index in [0.717, 1.165) is 24.5 Å². The van der Waals surface area contributed by atoms with Crippen LogP contribution in [-0.4, -0.2) is 22.6 Å². The van der Waals surface area contributed by atoms with Gasteiger partial charge in [-0.3, -0.25) is 0 Å². The summed E-state index contributed by atoms with van der Waals surface area (Å²) in [4.78, 5) is 9.21. The summed E-state index contributed by atoms with van der Waals surface area (Å²) in [6.07, 6.45) is 9.82. The molecule has 0 radical (unpaired) electrons. The molecule has 0 spiro atoms. The lowest BCUT2D eigenvalue weighted by atomic mass is 10.1. The van der Waals surface area contributed by atoms with Gasteiger partial charge in [0.1, 0.15) is 11.6 Å². The molecule has 0 aromatic carbocycles. The van der Waals surface area contributed by atoms with Crippen molar-refractivity contribution in [2.45, 2.75) is 78.2 Å². The minimum absolute atomic E-state index is 0.503. The molecule has 0 bridgehead atoms. The van der Waals surface area contributed by atoms with Crippen molar-refractivity contribution in [1.82, 2.24) is 9.97 Å². The molecule has 4 heteroatoms. The first-order chi connectivity index (χ1) is 10.7. The third-order valence-electron chi connectivity index (χ3n) is 3.99. The zero-order valence-electron chi connectivity index (χ0n) is 14.4. The van der Waals surface area contributed by atoms with Gasteiger partial charge in [0.25, 0.3) is 0 Å². The Labute approximate surface area is 135 Å². The van der Waals surface area contributed by atoms with Crippen LogP contribution in [0.2, 0.25) is 0 Å². The van der Waals surface area contributed by atoms with E-state index >= 15 is 0 Å². The van der Waals surface area contributed by atoms with Crippen molar-refractivity contribution in [2.75, 3.05) is 11.9 Å². The minimum Gasteiger partial charge on any atom is -0.477 e. The van der Waals surface area contributed by atoms with Crippen LogP contribution in [0.4, 0.5) is 5.82 Å². The molecule has 22 heavy (non-hydrogen) atoms. The Hall–Kier alpha value is -1.32. The monoisotopic (exact) mass is 305 g/mol. The molecule has 1 fully saturated rings. The fourth-order valence-electron chi connectivity index (χ4n) is 2.84. The maximum atomic E-state index is 5.82. The lowest BCUT2D eigenvalue weighted by Crippen LogP contribution is -2.20. The molecule has 1 saturated carbocycles. The summed E-state index contributed by atoms with van der Waals surface area (Å²) < 4.78 is 5.82. The predicted molar refractivity (Wildman–Crippen MR) is 91.5 cm³/mol. The predicted octanol–water partition coefficient (Wildman–Crippen LogP) is 4.60. The number of hydrogen-bond donors (Lipinski definition) is 1. The van der Waals surface area contributed by atoms with Crippen LogP contribution in [0.5, 0.6) is 5.88 Å². The van der Waals surface area contributed by atoms with Gasteiger partial charge in [-0.15, -0.1) is 0 Å². The fraction of sp³-hybridized carbons (Fsp3) is 0.778. The molecule has 0 saturated heterocycles. The van der Waals surface area contributed by atoms with Gasteiger partial charge in [0.2, 0.25) is 5.88 Å². The van der Waals surface area contributed by atoms with Crippen LogP contribution in [0.15, 0.2) is 6.07 Å². The van der Waals surface area contributed by atoms with Crippen LogP contribution in [-0.2, 0) is 6.42 Å². The molecule has 1 aliphatic carbocycles. The molecule has 2 rings (SSSR count). The van der Waals surface area contributed by atoms with Crippen LogP contribution in [0, 0.1) is 5.92 Å². The van der Waals surface area contributed by atoms with Crippen molar-refractivity contribution < 1.29 is 4.74 Å². The van der Waals surface area contributed by atoms with E-state index in [0.29, 0.717) is 24.4 Å². The summed E-state index contributed by atoms with van der Waals surface area (Å²) in [6.45, 7) is 7.16. The maximum absolute atomic E-state index is 5.82.